The van der Waals surface area contributed by atoms with Gasteiger partial charge >= 0.3 is 0 Å². The molecule has 39 heavy (non-hydrogen) atoms. The number of nitrogens with zero attached hydrogens (tertiary/aromatic N) is 1. The molecule has 0 fully saturated rings. The van der Waals surface area contributed by atoms with Crippen LogP contribution in [0.3, 0.4) is 0 Å². The van der Waals surface area contributed by atoms with Crippen molar-refractivity contribution in [2.24, 2.45) is 5.92 Å². The standard InChI is InChI=1S/C31H29F2NO5/c1-4-37-26-15-20(7-11-25(26)38-14-13-18(2)3)28-27-29(35)23-16-22(33)10-12-24(23)39-30(27)31(36)34(28)17-19-5-8-21(32)9-6-19/h5-12,15-16,18,28H,4,13-14,17H2,1-3H3. The lowest BCUT2D eigenvalue weighted by molar-refractivity contribution is 0.0714. The zero-order valence-corrected chi connectivity index (χ0v) is 22.0. The van der Waals surface area contributed by atoms with Crippen LogP contribution in [-0.4, -0.2) is 24.0 Å². The van der Waals surface area contributed by atoms with E-state index < -0.39 is 29.0 Å². The molecule has 8 heteroatoms. The third-order valence-electron chi connectivity index (χ3n) is 6.73. The van der Waals surface area contributed by atoms with Crippen molar-refractivity contribution >= 4 is 16.9 Å². The third-order valence-corrected chi connectivity index (χ3v) is 6.73. The molecule has 1 aromatic heterocycles. The second-order valence-corrected chi connectivity index (χ2v) is 9.95. The maximum absolute atomic E-state index is 14.1. The van der Waals surface area contributed by atoms with Crippen molar-refractivity contribution in [1.82, 2.24) is 4.90 Å². The van der Waals surface area contributed by atoms with E-state index in [0.29, 0.717) is 41.8 Å². The summed E-state index contributed by atoms with van der Waals surface area (Å²) in [7, 11) is 0. The molecule has 4 aromatic rings. The van der Waals surface area contributed by atoms with Crippen molar-refractivity contribution in [3.63, 3.8) is 0 Å². The average molecular weight is 534 g/mol. The van der Waals surface area contributed by atoms with Crippen molar-refractivity contribution in [2.45, 2.75) is 39.8 Å². The van der Waals surface area contributed by atoms with E-state index >= 15 is 0 Å². The first kappa shape index (κ1) is 26.4. The molecule has 0 bridgehead atoms. The number of halogens is 2. The van der Waals surface area contributed by atoms with Gasteiger partial charge in [0.15, 0.2) is 16.9 Å². The van der Waals surface area contributed by atoms with Crippen LogP contribution in [0.1, 0.15) is 60.5 Å². The molecule has 1 atom stereocenters. The van der Waals surface area contributed by atoms with Gasteiger partial charge < -0.3 is 18.8 Å². The average Bonchev–Trinajstić information content (AvgIpc) is 3.18. The van der Waals surface area contributed by atoms with Crippen LogP contribution in [0, 0.1) is 17.6 Å². The number of carbonyl (C=O) groups is 1. The molecule has 5 rings (SSSR count). The summed E-state index contributed by atoms with van der Waals surface area (Å²) in [6.45, 7) is 7.07. The summed E-state index contributed by atoms with van der Waals surface area (Å²) < 4.78 is 45.4. The topological polar surface area (TPSA) is 69.0 Å². The molecule has 0 aliphatic carbocycles. The molecule has 1 aliphatic heterocycles. The van der Waals surface area contributed by atoms with Crippen LogP contribution in [-0.2, 0) is 6.54 Å². The highest BCUT2D eigenvalue weighted by Crippen LogP contribution is 2.42. The molecule has 1 unspecified atom stereocenters. The van der Waals surface area contributed by atoms with Crippen molar-refractivity contribution in [3.05, 3.63) is 105 Å². The van der Waals surface area contributed by atoms with Gasteiger partial charge in [-0.3, -0.25) is 9.59 Å². The Kier molecular flexibility index (Phi) is 7.37. The molecule has 6 nitrogen and oxygen atoms in total. The van der Waals surface area contributed by atoms with Gasteiger partial charge in [0.05, 0.1) is 30.2 Å². The highest BCUT2D eigenvalue weighted by atomic mass is 19.1. The minimum Gasteiger partial charge on any atom is -0.490 e. The van der Waals surface area contributed by atoms with E-state index in [2.05, 4.69) is 13.8 Å². The van der Waals surface area contributed by atoms with Crippen LogP contribution in [0.15, 0.2) is 69.9 Å². The van der Waals surface area contributed by atoms with E-state index in [1.165, 1.54) is 29.2 Å². The number of hydrogen-bond donors (Lipinski definition) is 0. The van der Waals surface area contributed by atoms with Crippen molar-refractivity contribution in [3.8, 4) is 11.5 Å². The molecule has 3 aromatic carbocycles. The maximum atomic E-state index is 14.1. The minimum atomic E-state index is -0.842. The van der Waals surface area contributed by atoms with Crippen molar-refractivity contribution in [2.75, 3.05) is 13.2 Å². The largest absolute Gasteiger partial charge is 0.490 e. The SMILES string of the molecule is CCOc1cc(C2c3c(oc4ccc(F)cc4c3=O)C(=O)N2Cc2ccc(F)cc2)ccc1OCCC(C)C. The number of ether oxygens (including phenoxy) is 2. The summed E-state index contributed by atoms with van der Waals surface area (Å²) in [5.41, 5.74) is 1.04. The Morgan fingerprint density at radius 2 is 1.67 bits per heavy atom. The summed E-state index contributed by atoms with van der Waals surface area (Å²) in [5.74, 6) is -0.0497. The van der Waals surface area contributed by atoms with Gasteiger partial charge in [-0.1, -0.05) is 32.0 Å². The zero-order chi connectivity index (χ0) is 27.7. The summed E-state index contributed by atoms with van der Waals surface area (Å²) in [6.07, 6.45) is 0.869. The first-order valence-corrected chi connectivity index (χ1v) is 13.0. The van der Waals surface area contributed by atoms with Gasteiger partial charge in [-0.15, -0.1) is 0 Å². The molecule has 0 radical (unpaired) electrons. The van der Waals surface area contributed by atoms with E-state index in [-0.39, 0.29) is 28.8 Å². The Hall–Kier alpha value is -4.20. The lowest BCUT2D eigenvalue weighted by atomic mass is 9.97. The van der Waals surface area contributed by atoms with E-state index in [1.54, 1.807) is 30.3 Å². The van der Waals surface area contributed by atoms with E-state index in [1.807, 2.05) is 6.92 Å². The lowest BCUT2D eigenvalue weighted by Gasteiger charge is -2.26. The molecule has 0 saturated carbocycles. The minimum absolute atomic E-state index is 0.0499. The van der Waals surface area contributed by atoms with E-state index in [0.717, 1.165) is 12.5 Å². The van der Waals surface area contributed by atoms with Crippen LogP contribution >= 0.6 is 0 Å². The Bertz CT molecular complexity index is 1580. The van der Waals surface area contributed by atoms with Gasteiger partial charge in [0.2, 0.25) is 5.76 Å². The Morgan fingerprint density at radius 1 is 0.923 bits per heavy atom. The number of hydrogen-bond acceptors (Lipinski definition) is 5. The molecule has 0 N–H and O–H groups in total. The number of benzene rings is 3. The van der Waals surface area contributed by atoms with Crippen LogP contribution < -0.4 is 14.9 Å². The van der Waals surface area contributed by atoms with E-state index in [9.17, 15) is 18.4 Å². The Labute approximate surface area is 224 Å². The number of fused-ring (bicyclic) bond motifs is 2. The van der Waals surface area contributed by atoms with Crippen molar-refractivity contribution < 1.29 is 27.5 Å². The van der Waals surface area contributed by atoms with Gasteiger partial charge in [-0.2, -0.15) is 0 Å². The maximum Gasteiger partial charge on any atom is 0.291 e. The molecule has 202 valence electrons. The fourth-order valence-corrected chi connectivity index (χ4v) is 4.78. The number of amides is 1. The van der Waals surface area contributed by atoms with Gasteiger partial charge in [0.1, 0.15) is 17.2 Å². The highest BCUT2D eigenvalue weighted by molar-refractivity contribution is 5.99. The van der Waals surface area contributed by atoms with Crippen LogP contribution in [0.2, 0.25) is 0 Å². The molecule has 2 heterocycles. The van der Waals surface area contributed by atoms with Crippen molar-refractivity contribution in [1.29, 1.82) is 0 Å². The highest BCUT2D eigenvalue weighted by Gasteiger charge is 2.43. The first-order valence-electron chi connectivity index (χ1n) is 13.0. The van der Waals surface area contributed by atoms with E-state index in [4.69, 9.17) is 13.9 Å². The normalized spacial score (nSPS) is 14.8. The Morgan fingerprint density at radius 3 is 2.38 bits per heavy atom. The number of rotatable bonds is 9. The molecule has 1 amide bonds. The molecular weight excluding hydrogens is 504 g/mol. The summed E-state index contributed by atoms with van der Waals surface area (Å²) in [4.78, 5) is 28.9. The number of carbonyl (C=O) groups excluding carboxylic acids is 1. The molecule has 1 aliphatic rings. The van der Waals surface area contributed by atoms with Gasteiger partial charge in [-0.05, 0) is 72.9 Å². The summed E-state index contributed by atoms with van der Waals surface area (Å²) in [6, 6.07) is 13.9. The second kappa shape index (κ2) is 10.9. The molecular formula is C31H29F2NO5. The second-order valence-electron chi connectivity index (χ2n) is 9.95. The zero-order valence-electron chi connectivity index (χ0n) is 22.0. The summed E-state index contributed by atoms with van der Waals surface area (Å²) in [5, 5.41) is 0.0499. The first-order chi connectivity index (χ1) is 18.8. The molecule has 0 spiro atoms. The van der Waals surface area contributed by atoms with Crippen LogP contribution in [0.4, 0.5) is 8.78 Å². The summed E-state index contributed by atoms with van der Waals surface area (Å²) >= 11 is 0. The Balaban J connectivity index is 1.64. The van der Waals surface area contributed by atoms with Gasteiger partial charge in [-0.25, -0.2) is 8.78 Å². The van der Waals surface area contributed by atoms with Gasteiger partial charge in [0.25, 0.3) is 5.91 Å². The third kappa shape index (κ3) is 5.24. The predicted molar refractivity (Wildman–Crippen MR) is 143 cm³/mol. The smallest absolute Gasteiger partial charge is 0.291 e. The monoisotopic (exact) mass is 533 g/mol. The predicted octanol–water partition coefficient (Wildman–Crippen LogP) is 6.64. The van der Waals surface area contributed by atoms with Crippen LogP contribution in [0.25, 0.3) is 11.0 Å². The fourth-order valence-electron chi connectivity index (χ4n) is 4.78. The fraction of sp³-hybridized carbons (Fsp3) is 0.290. The quantitative estimate of drug-likeness (QED) is 0.241. The molecule has 0 saturated heterocycles. The van der Waals surface area contributed by atoms with Gasteiger partial charge in [0, 0.05) is 6.54 Å². The lowest BCUT2D eigenvalue weighted by Crippen LogP contribution is -2.29. The van der Waals surface area contributed by atoms with Crippen LogP contribution in [0.5, 0.6) is 11.5 Å².